The van der Waals surface area contributed by atoms with Gasteiger partial charge < -0.3 is 10.2 Å². The zero-order chi connectivity index (χ0) is 20.0. The Balaban J connectivity index is 1.48. The fourth-order valence-corrected chi connectivity index (χ4v) is 5.60. The van der Waals surface area contributed by atoms with Crippen molar-refractivity contribution in [1.29, 1.82) is 0 Å². The summed E-state index contributed by atoms with van der Waals surface area (Å²) in [4.78, 5) is 17.6. The monoisotopic (exact) mass is 400 g/mol. The predicted molar refractivity (Wildman–Crippen MR) is 121 cm³/mol. The number of carbonyl (C=O) groups is 1. The van der Waals surface area contributed by atoms with Crippen LogP contribution in [0, 0.1) is 12.8 Å². The molecule has 0 bridgehead atoms. The van der Waals surface area contributed by atoms with E-state index in [-0.39, 0.29) is 5.91 Å². The van der Waals surface area contributed by atoms with Gasteiger partial charge in [-0.05, 0) is 67.3 Å². The molecular weight excluding hydrogens is 376 g/mol. The van der Waals surface area contributed by atoms with E-state index in [0.29, 0.717) is 17.9 Å². The number of fused-ring (bicyclic) bond motifs is 3. The topological polar surface area (TPSA) is 32.3 Å². The number of nitrogens with zero attached hydrogens (tertiary/aromatic N) is 1. The Labute approximate surface area is 175 Å². The normalized spacial score (nSPS) is 21.9. The largest absolute Gasteiger partial charge is 0.377 e. The highest BCUT2D eigenvalue weighted by molar-refractivity contribution is 7.12. The van der Waals surface area contributed by atoms with Crippen LogP contribution in [-0.4, -0.2) is 13.0 Å². The first-order chi connectivity index (χ1) is 14.1. The molecule has 0 saturated carbocycles. The molecule has 0 saturated heterocycles. The number of anilines is 2. The van der Waals surface area contributed by atoms with Gasteiger partial charge in [0, 0.05) is 39.7 Å². The first-order valence-corrected chi connectivity index (χ1v) is 10.9. The molecule has 3 aromatic rings. The molecule has 3 unspecified atom stereocenters. The third-order valence-electron chi connectivity index (χ3n) is 6.13. The summed E-state index contributed by atoms with van der Waals surface area (Å²) in [6.07, 6.45) is 5.69. The lowest BCUT2D eigenvalue weighted by molar-refractivity contribution is 0.0993. The highest BCUT2D eigenvalue weighted by Crippen LogP contribution is 2.50. The van der Waals surface area contributed by atoms with Crippen LogP contribution in [0.4, 0.5) is 11.4 Å². The van der Waals surface area contributed by atoms with E-state index in [9.17, 15) is 4.79 Å². The highest BCUT2D eigenvalue weighted by atomic mass is 32.1. The number of rotatable bonds is 3. The number of hydrogen-bond donors (Lipinski definition) is 1. The zero-order valence-corrected chi connectivity index (χ0v) is 17.4. The maximum atomic E-state index is 13.1. The van der Waals surface area contributed by atoms with Gasteiger partial charge in [0.15, 0.2) is 0 Å². The van der Waals surface area contributed by atoms with Crippen molar-refractivity contribution in [3.05, 3.63) is 93.7 Å². The molecule has 5 rings (SSSR count). The minimum absolute atomic E-state index is 0.0218. The molecule has 29 heavy (non-hydrogen) atoms. The first-order valence-electron chi connectivity index (χ1n) is 10.1. The standard InChI is InChI=1S/C25H24N2OS/c1-16-11-14-23(29-16)24-20-10-6-9-19(20)21-15-17(12-13-22(21)26-24)25(28)27(2)18-7-4-3-5-8-18/h3-9,11-15,19-20,24,26H,10H2,1-2H3. The van der Waals surface area contributed by atoms with Gasteiger partial charge in [0.05, 0.1) is 6.04 Å². The van der Waals surface area contributed by atoms with Gasteiger partial charge in [0.25, 0.3) is 5.91 Å². The van der Waals surface area contributed by atoms with Gasteiger partial charge in [-0.1, -0.05) is 30.4 Å². The maximum Gasteiger partial charge on any atom is 0.258 e. The summed E-state index contributed by atoms with van der Waals surface area (Å²) in [5.74, 6) is 0.875. The molecule has 2 heterocycles. The minimum Gasteiger partial charge on any atom is -0.377 e. The number of benzene rings is 2. The number of thiophene rings is 1. The number of hydrogen-bond acceptors (Lipinski definition) is 3. The third-order valence-corrected chi connectivity index (χ3v) is 7.21. The lowest BCUT2D eigenvalue weighted by atomic mass is 9.78. The van der Waals surface area contributed by atoms with Crippen LogP contribution < -0.4 is 10.2 Å². The number of amides is 1. The smallest absolute Gasteiger partial charge is 0.258 e. The molecule has 0 radical (unpaired) electrons. The first kappa shape index (κ1) is 18.2. The van der Waals surface area contributed by atoms with Crippen LogP contribution in [0.1, 0.15) is 44.1 Å². The van der Waals surface area contributed by atoms with Gasteiger partial charge >= 0.3 is 0 Å². The van der Waals surface area contributed by atoms with Crippen molar-refractivity contribution >= 4 is 28.6 Å². The Morgan fingerprint density at radius 1 is 1.10 bits per heavy atom. The van der Waals surface area contributed by atoms with E-state index in [1.807, 2.05) is 54.8 Å². The molecular formula is C25H24N2OS. The third kappa shape index (κ3) is 3.18. The Hall–Kier alpha value is -2.85. The van der Waals surface area contributed by atoms with Crippen molar-refractivity contribution < 1.29 is 4.79 Å². The summed E-state index contributed by atoms with van der Waals surface area (Å²) < 4.78 is 0. The van der Waals surface area contributed by atoms with E-state index >= 15 is 0 Å². The number of aryl methyl sites for hydroxylation is 1. The van der Waals surface area contributed by atoms with E-state index in [0.717, 1.165) is 23.4 Å². The fourth-order valence-electron chi connectivity index (χ4n) is 4.59. The summed E-state index contributed by atoms with van der Waals surface area (Å²) >= 11 is 1.88. The number of nitrogens with one attached hydrogen (secondary N) is 1. The van der Waals surface area contributed by atoms with Crippen LogP contribution in [-0.2, 0) is 0 Å². The van der Waals surface area contributed by atoms with Crippen molar-refractivity contribution in [3.63, 3.8) is 0 Å². The number of carbonyl (C=O) groups excluding carboxylic acids is 1. The Bertz CT molecular complexity index is 1090. The molecule has 2 aromatic carbocycles. The molecule has 3 nitrogen and oxygen atoms in total. The van der Waals surface area contributed by atoms with Gasteiger partial charge in [-0.3, -0.25) is 4.79 Å². The van der Waals surface area contributed by atoms with Crippen LogP contribution in [0.3, 0.4) is 0 Å². The molecule has 1 aromatic heterocycles. The van der Waals surface area contributed by atoms with Gasteiger partial charge in [-0.25, -0.2) is 0 Å². The van der Waals surface area contributed by atoms with E-state index in [1.54, 1.807) is 4.90 Å². The fraction of sp³-hybridized carbons (Fsp3) is 0.240. The summed E-state index contributed by atoms with van der Waals surface area (Å²) in [6, 6.07) is 20.7. The molecule has 4 heteroatoms. The lowest BCUT2D eigenvalue weighted by Gasteiger charge is -2.37. The molecule has 1 amide bonds. The van der Waals surface area contributed by atoms with E-state index in [4.69, 9.17) is 0 Å². The van der Waals surface area contributed by atoms with Crippen LogP contribution in [0.15, 0.2) is 72.8 Å². The Kier molecular flexibility index (Phi) is 4.51. The molecule has 1 aliphatic heterocycles. The average molecular weight is 401 g/mol. The highest BCUT2D eigenvalue weighted by Gasteiger charge is 2.38. The second kappa shape index (κ2) is 7.20. The second-order valence-electron chi connectivity index (χ2n) is 7.93. The van der Waals surface area contributed by atoms with Gasteiger partial charge in [0.1, 0.15) is 0 Å². The molecule has 3 atom stereocenters. The molecule has 0 spiro atoms. The maximum absolute atomic E-state index is 13.1. The zero-order valence-electron chi connectivity index (χ0n) is 16.6. The number of allylic oxidation sites excluding steroid dienone is 2. The summed E-state index contributed by atoms with van der Waals surface area (Å²) in [5.41, 5.74) is 4.02. The van der Waals surface area contributed by atoms with Gasteiger partial charge in [-0.15, -0.1) is 11.3 Å². The minimum atomic E-state index is 0.0218. The van der Waals surface area contributed by atoms with Crippen LogP contribution >= 0.6 is 11.3 Å². The number of para-hydroxylation sites is 1. The van der Waals surface area contributed by atoms with E-state index in [1.165, 1.54) is 15.3 Å². The Morgan fingerprint density at radius 3 is 2.69 bits per heavy atom. The van der Waals surface area contributed by atoms with E-state index in [2.05, 4.69) is 48.7 Å². The molecule has 146 valence electrons. The molecule has 1 N–H and O–H groups in total. The lowest BCUT2D eigenvalue weighted by Crippen LogP contribution is -2.30. The second-order valence-corrected chi connectivity index (χ2v) is 9.25. The van der Waals surface area contributed by atoms with Gasteiger partial charge in [0.2, 0.25) is 0 Å². The quantitative estimate of drug-likeness (QED) is 0.534. The summed E-state index contributed by atoms with van der Waals surface area (Å²) in [5, 5.41) is 3.77. The van der Waals surface area contributed by atoms with Crippen molar-refractivity contribution in [3.8, 4) is 0 Å². The SMILES string of the molecule is Cc1ccc(C2Nc3ccc(C(=O)N(C)c4ccccc4)cc3C3C=CCC32)s1. The predicted octanol–water partition coefficient (Wildman–Crippen LogP) is 6.16. The van der Waals surface area contributed by atoms with Gasteiger partial charge in [-0.2, -0.15) is 0 Å². The van der Waals surface area contributed by atoms with Crippen LogP contribution in [0.25, 0.3) is 0 Å². The summed E-state index contributed by atoms with van der Waals surface area (Å²) in [7, 11) is 1.84. The van der Waals surface area contributed by atoms with Crippen LogP contribution in [0.2, 0.25) is 0 Å². The summed E-state index contributed by atoms with van der Waals surface area (Å²) in [6.45, 7) is 2.16. The Morgan fingerprint density at radius 2 is 1.93 bits per heavy atom. The molecule has 2 aliphatic rings. The molecule has 1 aliphatic carbocycles. The van der Waals surface area contributed by atoms with Crippen molar-refractivity contribution in [1.82, 2.24) is 0 Å². The van der Waals surface area contributed by atoms with Crippen molar-refractivity contribution in [2.24, 2.45) is 5.92 Å². The molecule has 0 fully saturated rings. The van der Waals surface area contributed by atoms with E-state index < -0.39 is 0 Å². The van der Waals surface area contributed by atoms with Crippen LogP contribution in [0.5, 0.6) is 0 Å². The van der Waals surface area contributed by atoms with Crippen molar-refractivity contribution in [2.75, 3.05) is 17.3 Å². The average Bonchev–Trinajstić information content (AvgIpc) is 3.42. The van der Waals surface area contributed by atoms with Crippen molar-refractivity contribution in [2.45, 2.75) is 25.3 Å².